The van der Waals surface area contributed by atoms with Gasteiger partial charge in [0.1, 0.15) is 0 Å². The molecule has 17 atom stereocenters. The Labute approximate surface area is 267 Å². The zero-order valence-electron chi connectivity index (χ0n) is 28.3. The molecule has 5 aliphatic rings. The third-order valence-electron chi connectivity index (χ3n) is 12.4. The van der Waals surface area contributed by atoms with Crippen LogP contribution in [0.4, 0.5) is 0 Å². The summed E-state index contributed by atoms with van der Waals surface area (Å²) in [6.45, 7) is 15.0. The highest BCUT2D eigenvalue weighted by molar-refractivity contribution is 5.70. The van der Waals surface area contributed by atoms with Gasteiger partial charge in [-0.1, -0.05) is 34.6 Å². The fraction of sp³-hybridized carbons (Fsp3) is 0.971. The molecule has 0 bridgehead atoms. The van der Waals surface area contributed by atoms with Crippen LogP contribution in [0, 0.1) is 35.5 Å². The molecule has 0 amide bonds. The summed E-state index contributed by atoms with van der Waals surface area (Å²) in [7, 11) is 0. The van der Waals surface area contributed by atoms with Gasteiger partial charge in [-0.3, -0.25) is 4.79 Å². The van der Waals surface area contributed by atoms with Crippen molar-refractivity contribution in [1.82, 2.24) is 0 Å². The maximum absolute atomic E-state index is 11.6. The minimum Gasteiger partial charge on any atom is -0.481 e. The van der Waals surface area contributed by atoms with Gasteiger partial charge in [0.15, 0.2) is 11.6 Å². The lowest BCUT2D eigenvalue weighted by Gasteiger charge is -2.48. The lowest BCUT2D eigenvalue weighted by Crippen LogP contribution is -2.56. The normalized spacial score (nSPS) is 52.6. The maximum Gasteiger partial charge on any atom is 0.308 e. The Morgan fingerprint density at radius 3 is 2.29 bits per heavy atom. The number of aliphatic hydroxyl groups is 4. The number of carbonyl (C=O) groups is 1. The molecule has 5 fully saturated rings. The highest BCUT2D eigenvalue weighted by Crippen LogP contribution is 2.54. The Morgan fingerprint density at radius 2 is 1.64 bits per heavy atom. The third kappa shape index (κ3) is 6.35. The minimum atomic E-state index is -1.57. The second-order valence-electron chi connectivity index (χ2n) is 16.0. The van der Waals surface area contributed by atoms with Crippen molar-refractivity contribution in [1.29, 1.82) is 0 Å². The van der Waals surface area contributed by atoms with Crippen molar-refractivity contribution < 1.29 is 54.0 Å². The average Bonchev–Trinajstić information content (AvgIpc) is 3.67. The van der Waals surface area contributed by atoms with Crippen molar-refractivity contribution in [3.05, 3.63) is 0 Å². The van der Waals surface area contributed by atoms with Gasteiger partial charge in [-0.2, -0.15) is 0 Å². The van der Waals surface area contributed by atoms with Crippen LogP contribution in [-0.4, -0.2) is 104 Å². The SMILES string of the molecule is CC(C(=O)O)C(O)C(C)[C@H]1O[C@@]2(CC[C@@](C)([C@H]3CC[C@@](C)([C@@H]4O[C@@H]([C@H]5O[C@@](O)(CO)[C@H](C)C[C@@H]5C)C[C@@H]4C)O3)O2)C[C@H](O)[C@H]1C. The van der Waals surface area contributed by atoms with Crippen LogP contribution in [0.3, 0.4) is 0 Å². The van der Waals surface area contributed by atoms with Gasteiger partial charge in [0.2, 0.25) is 0 Å². The number of aliphatic hydroxyl groups excluding tert-OH is 3. The summed E-state index contributed by atoms with van der Waals surface area (Å²) in [4.78, 5) is 11.6. The van der Waals surface area contributed by atoms with Crippen LogP contribution in [0.25, 0.3) is 0 Å². The molecule has 5 N–H and O–H groups in total. The summed E-state index contributed by atoms with van der Waals surface area (Å²) in [6, 6.07) is 0. The number of ether oxygens (including phenoxy) is 5. The van der Waals surface area contributed by atoms with Gasteiger partial charge >= 0.3 is 5.97 Å². The van der Waals surface area contributed by atoms with E-state index in [9.17, 15) is 30.3 Å². The molecular weight excluding hydrogens is 584 g/mol. The molecule has 260 valence electrons. The number of hydrogen-bond acceptors (Lipinski definition) is 10. The molecule has 0 saturated carbocycles. The van der Waals surface area contributed by atoms with Crippen LogP contribution in [-0.2, 0) is 28.5 Å². The lowest BCUT2D eigenvalue weighted by molar-refractivity contribution is -0.335. The molecule has 5 aliphatic heterocycles. The summed E-state index contributed by atoms with van der Waals surface area (Å²) < 4.78 is 33.1. The summed E-state index contributed by atoms with van der Waals surface area (Å²) in [6.07, 6.45) is 1.18. The molecule has 11 heteroatoms. The standard InChI is InChI=1S/C34H58O11/c1-17-13-19(3)34(40,16-35)44-27(17)24-14-18(2)29(41-24)32(8)10-9-25(42-32)31(7)11-12-33(45-31)15-23(36)20(4)28(43-33)21(5)26(37)22(6)30(38)39/h17-29,35-37,40H,9-16H2,1-8H3,(H,38,39)/t17-,18-,19+,20+,21?,22?,23-,24+,25+,26?,27-,28-,29+,31-,32-,33+,34-/m0/s1. The number of rotatable bonds is 8. The molecule has 0 aromatic heterocycles. The second kappa shape index (κ2) is 12.5. The van der Waals surface area contributed by atoms with Crippen molar-refractivity contribution in [2.24, 2.45) is 35.5 Å². The Balaban J connectivity index is 1.25. The van der Waals surface area contributed by atoms with E-state index in [4.69, 9.17) is 23.7 Å². The molecule has 0 aromatic rings. The second-order valence-corrected chi connectivity index (χ2v) is 16.0. The molecular formula is C34H58O11. The predicted molar refractivity (Wildman–Crippen MR) is 163 cm³/mol. The van der Waals surface area contributed by atoms with E-state index in [2.05, 4.69) is 20.8 Å². The summed E-state index contributed by atoms with van der Waals surface area (Å²) >= 11 is 0. The summed E-state index contributed by atoms with van der Waals surface area (Å²) in [5.74, 6) is -5.31. The Hall–Kier alpha value is -0.890. The zero-order chi connectivity index (χ0) is 33.3. The number of carboxylic acid groups (broad SMARTS) is 1. The molecule has 11 nitrogen and oxygen atoms in total. The van der Waals surface area contributed by atoms with Gasteiger partial charge in [0.05, 0.1) is 66.5 Å². The summed E-state index contributed by atoms with van der Waals surface area (Å²) in [5, 5.41) is 52.2. The van der Waals surface area contributed by atoms with E-state index >= 15 is 0 Å². The van der Waals surface area contributed by atoms with Crippen molar-refractivity contribution in [3.8, 4) is 0 Å². The van der Waals surface area contributed by atoms with Crippen LogP contribution in [0.1, 0.15) is 100 Å². The number of carboxylic acids is 1. The van der Waals surface area contributed by atoms with E-state index in [-0.39, 0.29) is 48.1 Å². The average molecular weight is 643 g/mol. The predicted octanol–water partition coefficient (Wildman–Crippen LogP) is 3.23. The summed E-state index contributed by atoms with van der Waals surface area (Å²) in [5.41, 5.74) is -1.23. The van der Waals surface area contributed by atoms with Crippen LogP contribution in [0.15, 0.2) is 0 Å². The van der Waals surface area contributed by atoms with Gasteiger partial charge in [-0.15, -0.1) is 0 Å². The first-order chi connectivity index (χ1) is 20.9. The van der Waals surface area contributed by atoms with Gasteiger partial charge in [-0.05, 0) is 64.7 Å². The molecule has 5 heterocycles. The van der Waals surface area contributed by atoms with E-state index in [1.807, 2.05) is 20.8 Å². The van der Waals surface area contributed by atoms with Crippen molar-refractivity contribution >= 4 is 5.97 Å². The molecule has 0 aromatic carbocycles. The largest absolute Gasteiger partial charge is 0.481 e. The van der Waals surface area contributed by atoms with Gasteiger partial charge in [0, 0.05) is 30.6 Å². The first kappa shape index (κ1) is 35.4. The van der Waals surface area contributed by atoms with E-state index in [0.29, 0.717) is 19.3 Å². The highest BCUT2D eigenvalue weighted by Gasteiger charge is 2.61. The van der Waals surface area contributed by atoms with Crippen LogP contribution < -0.4 is 0 Å². The fourth-order valence-corrected chi connectivity index (χ4v) is 9.23. The molecule has 0 aliphatic carbocycles. The molecule has 45 heavy (non-hydrogen) atoms. The van der Waals surface area contributed by atoms with Gasteiger partial charge in [0.25, 0.3) is 0 Å². The van der Waals surface area contributed by atoms with E-state index in [0.717, 1.165) is 25.7 Å². The topological polar surface area (TPSA) is 164 Å². The first-order valence-corrected chi connectivity index (χ1v) is 17.2. The lowest BCUT2D eigenvalue weighted by atomic mass is 9.78. The molecule has 5 rings (SSSR count). The molecule has 3 unspecified atom stereocenters. The Bertz CT molecular complexity index is 1070. The Morgan fingerprint density at radius 1 is 0.956 bits per heavy atom. The van der Waals surface area contributed by atoms with Crippen LogP contribution >= 0.6 is 0 Å². The smallest absolute Gasteiger partial charge is 0.308 e. The van der Waals surface area contributed by atoms with Gasteiger partial charge < -0.3 is 49.2 Å². The van der Waals surface area contributed by atoms with E-state index in [1.54, 1.807) is 6.92 Å². The quantitative estimate of drug-likeness (QED) is 0.264. The third-order valence-corrected chi connectivity index (χ3v) is 12.4. The minimum absolute atomic E-state index is 0.170. The van der Waals surface area contributed by atoms with Crippen molar-refractivity contribution in [3.63, 3.8) is 0 Å². The number of hydrogen-bond donors (Lipinski definition) is 5. The zero-order valence-corrected chi connectivity index (χ0v) is 28.3. The monoisotopic (exact) mass is 642 g/mol. The first-order valence-electron chi connectivity index (χ1n) is 17.2. The highest BCUT2D eigenvalue weighted by atomic mass is 16.7. The maximum atomic E-state index is 11.6. The Kier molecular flexibility index (Phi) is 9.86. The molecule has 0 radical (unpaired) electrons. The van der Waals surface area contributed by atoms with Crippen LogP contribution in [0.2, 0.25) is 0 Å². The van der Waals surface area contributed by atoms with E-state index in [1.165, 1.54) is 6.92 Å². The molecule has 1 spiro atoms. The fourth-order valence-electron chi connectivity index (χ4n) is 9.23. The number of aliphatic carboxylic acids is 1. The van der Waals surface area contributed by atoms with Crippen molar-refractivity contribution in [2.45, 2.75) is 166 Å². The van der Waals surface area contributed by atoms with Crippen molar-refractivity contribution in [2.75, 3.05) is 6.61 Å². The van der Waals surface area contributed by atoms with Gasteiger partial charge in [-0.25, -0.2) is 0 Å². The van der Waals surface area contributed by atoms with E-state index < -0.39 is 65.5 Å². The van der Waals surface area contributed by atoms with Crippen LogP contribution in [0.5, 0.6) is 0 Å². The molecule has 5 saturated heterocycles.